The zero-order chi connectivity index (χ0) is 11.8. The molecule has 0 saturated heterocycles. The molecule has 0 radical (unpaired) electrons. The van der Waals surface area contributed by atoms with E-state index < -0.39 is 11.7 Å². The monoisotopic (exact) mass is 228 g/mol. The Morgan fingerprint density at radius 2 is 1.88 bits per heavy atom. The van der Waals surface area contributed by atoms with E-state index in [2.05, 4.69) is 5.10 Å². The second-order valence-corrected chi connectivity index (χ2v) is 3.74. The molecule has 5 heteroatoms. The molecule has 0 amide bonds. The Morgan fingerprint density at radius 1 is 1.25 bits per heavy atom. The number of alkyl halides is 3. The fourth-order valence-corrected chi connectivity index (χ4v) is 1.75. The Morgan fingerprint density at radius 3 is 2.31 bits per heavy atom. The summed E-state index contributed by atoms with van der Waals surface area (Å²) in [6.45, 7) is 0. The van der Waals surface area contributed by atoms with E-state index in [1.54, 1.807) is 11.2 Å². The van der Waals surface area contributed by atoms with Crippen molar-refractivity contribution in [1.82, 2.24) is 5.01 Å². The summed E-state index contributed by atoms with van der Waals surface area (Å²) in [5.74, 6) is 0. The summed E-state index contributed by atoms with van der Waals surface area (Å²) >= 11 is 0. The summed E-state index contributed by atoms with van der Waals surface area (Å²) < 4.78 is 37.0. The van der Waals surface area contributed by atoms with Gasteiger partial charge in [0.15, 0.2) is 0 Å². The molecule has 86 valence electrons. The minimum Gasteiger partial charge on any atom is -0.293 e. The molecule has 2 nitrogen and oxygen atoms in total. The van der Waals surface area contributed by atoms with Crippen LogP contribution in [0, 0.1) is 0 Å². The molecule has 1 unspecified atom stereocenters. The average molecular weight is 228 g/mol. The zero-order valence-electron chi connectivity index (χ0n) is 8.70. The third-order valence-electron chi connectivity index (χ3n) is 2.67. The van der Waals surface area contributed by atoms with Crippen molar-refractivity contribution in [3.8, 4) is 0 Å². The number of nitrogens with zero attached hydrogens (tertiary/aromatic N) is 2. The Labute approximate surface area is 91.4 Å². The summed E-state index contributed by atoms with van der Waals surface area (Å²) in [4.78, 5) is 0. The van der Waals surface area contributed by atoms with E-state index >= 15 is 0 Å². The van der Waals surface area contributed by atoms with Gasteiger partial charge < -0.3 is 0 Å². The lowest BCUT2D eigenvalue weighted by molar-refractivity contribution is -0.137. The van der Waals surface area contributed by atoms with Gasteiger partial charge in [-0.1, -0.05) is 12.1 Å². The maximum Gasteiger partial charge on any atom is 0.416 e. The molecule has 0 spiro atoms. The third kappa shape index (κ3) is 2.03. The van der Waals surface area contributed by atoms with Crippen LogP contribution in [0.25, 0.3) is 0 Å². The highest BCUT2D eigenvalue weighted by Crippen LogP contribution is 2.32. The van der Waals surface area contributed by atoms with Gasteiger partial charge in [0.05, 0.1) is 11.6 Å². The molecule has 1 heterocycles. The van der Waals surface area contributed by atoms with E-state index in [1.807, 2.05) is 7.05 Å². The molecule has 0 fully saturated rings. The van der Waals surface area contributed by atoms with E-state index in [4.69, 9.17) is 0 Å². The molecule has 2 rings (SSSR count). The first-order chi connectivity index (χ1) is 7.48. The predicted molar refractivity (Wildman–Crippen MR) is 55.1 cm³/mol. The minimum absolute atomic E-state index is 0.0577. The fourth-order valence-electron chi connectivity index (χ4n) is 1.75. The Bertz CT molecular complexity index is 395. The van der Waals surface area contributed by atoms with Crippen molar-refractivity contribution < 1.29 is 13.2 Å². The van der Waals surface area contributed by atoms with Gasteiger partial charge in [0.2, 0.25) is 0 Å². The van der Waals surface area contributed by atoms with Gasteiger partial charge in [-0.3, -0.25) is 5.01 Å². The Balaban J connectivity index is 2.20. The maximum atomic E-state index is 12.3. The number of hydrogen-bond acceptors (Lipinski definition) is 2. The Kier molecular flexibility index (Phi) is 2.61. The van der Waals surface area contributed by atoms with E-state index in [-0.39, 0.29) is 6.04 Å². The van der Waals surface area contributed by atoms with E-state index in [0.29, 0.717) is 0 Å². The molecular formula is C11H11F3N2. The quantitative estimate of drug-likeness (QED) is 0.721. The van der Waals surface area contributed by atoms with Crippen LogP contribution in [0.1, 0.15) is 23.6 Å². The molecule has 1 atom stereocenters. The molecular weight excluding hydrogens is 217 g/mol. The first-order valence-electron chi connectivity index (χ1n) is 4.91. The highest BCUT2D eigenvalue weighted by molar-refractivity contribution is 5.60. The normalized spacial score (nSPS) is 20.5. The van der Waals surface area contributed by atoms with Gasteiger partial charge in [0.1, 0.15) is 0 Å². The van der Waals surface area contributed by atoms with Gasteiger partial charge in [0.25, 0.3) is 0 Å². The summed E-state index contributed by atoms with van der Waals surface area (Å²) in [6.07, 6.45) is -1.76. The maximum absolute atomic E-state index is 12.3. The van der Waals surface area contributed by atoms with E-state index in [0.717, 1.165) is 24.1 Å². The molecule has 16 heavy (non-hydrogen) atoms. The molecule has 0 saturated carbocycles. The largest absolute Gasteiger partial charge is 0.416 e. The molecule has 0 bridgehead atoms. The molecule has 0 aliphatic carbocycles. The number of hydrogen-bond donors (Lipinski definition) is 0. The van der Waals surface area contributed by atoms with Crippen LogP contribution in [0.4, 0.5) is 13.2 Å². The van der Waals surface area contributed by atoms with Crippen LogP contribution < -0.4 is 0 Å². The fraction of sp³-hybridized carbons (Fsp3) is 0.364. The van der Waals surface area contributed by atoms with Crippen molar-refractivity contribution >= 4 is 6.21 Å². The summed E-state index contributed by atoms with van der Waals surface area (Å²) in [5, 5.41) is 5.80. The third-order valence-corrected chi connectivity index (χ3v) is 2.67. The lowest BCUT2D eigenvalue weighted by Gasteiger charge is -2.19. The van der Waals surface area contributed by atoms with Crippen LogP contribution in [-0.4, -0.2) is 18.3 Å². The molecule has 1 aromatic carbocycles. The standard InChI is InChI=1S/C11H11F3N2/c1-16-10(6-7-15-16)8-2-4-9(5-3-8)11(12,13)14/h2-5,7,10H,6H2,1H3. The minimum atomic E-state index is -4.27. The molecule has 0 aromatic heterocycles. The van der Waals surface area contributed by atoms with Crippen molar-refractivity contribution in [2.45, 2.75) is 18.6 Å². The SMILES string of the molecule is CN1N=CCC1c1ccc(C(F)(F)F)cc1. The van der Waals surface area contributed by atoms with Gasteiger partial charge in [-0.05, 0) is 17.7 Å². The zero-order valence-corrected chi connectivity index (χ0v) is 8.70. The second-order valence-electron chi connectivity index (χ2n) is 3.74. The van der Waals surface area contributed by atoms with Gasteiger partial charge >= 0.3 is 6.18 Å². The average Bonchev–Trinajstić information content (AvgIpc) is 2.63. The number of hydrazone groups is 1. The number of halogens is 3. The van der Waals surface area contributed by atoms with Crippen molar-refractivity contribution in [2.24, 2.45) is 5.10 Å². The topological polar surface area (TPSA) is 15.6 Å². The second kappa shape index (κ2) is 3.81. The summed E-state index contributed by atoms with van der Waals surface area (Å²) in [5.41, 5.74) is 0.241. The molecule has 1 aliphatic rings. The van der Waals surface area contributed by atoms with Gasteiger partial charge in [-0.15, -0.1) is 0 Å². The van der Waals surface area contributed by atoms with Crippen LogP contribution >= 0.6 is 0 Å². The first-order valence-corrected chi connectivity index (χ1v) is 4.91. The van der Waals surface area contributed by atoms with Crippen LogP contribution in [0.5, 0.6) is 0 Å². The van der Waals surface area contributed by atoms with Gasteiger partial charge in [-0.2, -0.15) is 18.3 Å². The van der Waals surface area contributed by atoms with Crippen molar-refractivity contribution in [3.63, 3.8) is 0 Å². The van der Waals surface area contributed by atoms with Crippen LogP contribution in [0.15, 0.2) is 29.4 Å². The Hall–Kier alpha value is -1.52. The van der Waals surface area contributed by atoms with Gasteiger partial charge in [-0.25, -0.2) is 0 Å². The highest BCUT2D eigenvalue weighted by Gasteiger charge is 2.30. The number of benzene rings is 1. The first kappa shape index (κ1) is 11.0. The van der Waals surface area contributed by atoms with Crippen LogP contribution in [0.3, 0.4) is 0 Å². The predicted octanol–water partition coefficient (Wildman–Crippen LogP) is 3.07. The van der Waals surface area contributed by atoms with Crippen molar-refractivity contribution in [1.29, 1.82) is 0 Å². The number of rotatable bonds is 1. The summed E-state index contributed by atoms with van der Waals surface area (Å²) in [6, 6.07) is 5.31. The van der Waals surface area contributed by atoms with Crippen LogP contribution in [-0.2, 0) is 6.18 Å². The van der Waals surface area contributed by atoms with E-state index in [1.165, 1.54) is 12.1 Å². The lowest BCUT2D eigenvalue weighted by atomic mass is 10.0. The summed E-state index contributed by atoms with van der Waals surface area (Å²) in [7, 11) is 1.81. The van der Waals surface area contributed by atoms with E-state index in [9.17, 15) is 13.2 Å². The molecule has 1 aliphatic heterocycles. The van der Waals surface area contributed by atoms with Gasteiger partial charge in [0, 0.05) is 19.7 Å². The molecule has 0 N–H and O–H groups in total. The highest BCUT2D eigenvalue weighted by atomic mass is 19.4. The molecule has 1 aromatic rings. The van der Waals surface area contributed by atoms with Crippen molar-refractivity contribution in [2.75, 3.05) is 7.05 Å². The lowest BCUT2D eigenvalue weighted by Crippen LogP contribution is -2.14. The smallest absolute Gasteiger partial charge is 0.293 e. The van der Waals surface area contributed by atoms with Crippen LogP contribution in [0.2, 0.25) is 0 Å². The van der Waals surface area contributed by atoms with Crippen molar-refractivity contribution in [3.05, 3.63) is 35.4 Å².